The fraction of sp³-hybridized carbons (Fsp3) is 0.667. The van der Waals surface area contributed by atoms with E-state index in [1.165, 1.54) is 24.8 Å². The zero-order valence-corrected chi connectivity index (χ0v) is 19.2. The van der Waals surface area contributed by atoms with Crippen LogP contribution in [0.1, 0.15) is 57.1 Å². The van der Waals surface area contributed by atoms with Crippen LogP contribution in [-0.4, -0.2) is 74.6 Å². The van der Waals surface area contributed by atoms with Gasteiger partial charge in [0.05, 0.1) is 19.7 Å². The van der Waals surface area contributed by atoms with Gasteiger partial charge in [0.2, 0.25) is 5.91 Å². The number of guanidine groups is 1. The van der Waals surface area contributed by atoms with E-state index in [4.69, 9.17) is 9.73 Å². The van der Waals surface area contributed by atoms with E-state index in [1.54, 1.807) is 7.11 Å². The summed E-state index contributed by atoms with van der Waals surface area (Å²) in [5.41, 5.74) is 1.29. The molecule has 0 aliphatic carbocycles. The van der Waals surface area contributed by atoms with Gasteiger partial charge >= 0.3 is 0 Å². The predicted molar refractivity (Wildman–Crippen MR) is 126 cm³/mol. The molecule has 1 aromatic carbocycles. The van der Waals surface area contributed by atoms with Crippen molar-refractivity contribution in [1.82, 2.24) is 20.4 Å². The van der Waals surface area contributed by atoms with Gasteiger partial charge in [0.1, 0.15) is 5.75 Å². The first-order valence-electron chi connectivity index (χ1n) is 11.9. The van der Waals surface area contributed by atoms with E-state index in [9.17, 15) is 4.79 Å². The lowest BCUT2D eigenvalue weighted by Gasteiger charge is -2.34. The maximum absolute atomic E-state index is 11.8. The molecule has 3 rings (SSSR count). The van der Waals surface area contributed by atoms with E-state index < -0.39 is 0 Å². The monoisotopic (exact) mass is 429 g/mol. The number of piperidine rings is 1. The molecule has 2 saturated heterocycles. The summed E-state index contributed by atoms with van der Waals surface area (Å²) in [7, 11) is 1.70. The van der Waals surface area contributed by atoms with Crippen molar-refractivity contribution in [1.29, 1.82) is 0 Å². The van der Waals surface area contributed by atoms with E-state index in [-0.39, 0.29) is 6.04 Å². The Bertz CT molecular complexity index is 700. The highest BCUT2D eigenvalue weighted by Gasteiger charge is 2.22. The summed E-state index contributed by atoms with van der Waals surface area (Å²) in [5, 5.41) is 6.82. The Labute approximate surface area is 187 Å². The number of methoxy groups -OCH3 is 1. The zero-order valence-electron chi connectivity index (χ0n) is 19.2. The number of ether oxygens (including phenoxy) is 1. The summed E-state index contributed by atoms with van der Waals surface area (Å²) in [6.45, 7) is 8.43. The topological polar surface area (TPSA) is 69.2 Å². The minimum absolute atomic E-state index is 0.267. The van der Waals surface area contributed by atoms with Gasteiger partial charge < -0.3 is 20.3 Å². The molecule has 172 valence electrons. The van der Waals surface area contributed by atoms with Crippen LogP contribution in [0, 0.1) is 0 Å². The van der Waals surface area contributed by atoms with Gasteiger partial charge in [-0.3, -0.25) is 14.7 Å². The van der Waals surface area contributed by atoms with E-state index in [1.807, 2.05) is 17.0 Å². The molecule has 7 heteroatoms. The predicted octanol–water partition coefficient (Wildman–Crippen LogP) is 2.79. The summed E-state index contributed by atoms with van der Waals surface area (Å²) < 4.78 is 5.34. The zero-order chi connectivity index (χ0) is 21.9. The number of amides is 1. The number of nitrogens with zero attached hydrogens (tertiary/aromatic N) is 3. The molecular weight excluding hydrogens is 390 g/mol. The van der Waals surface area contributed by atoms with Gasteiger partial charge in [-0.2, -0.15) is 0 Å². The van der Waals surface area contributed by atoms with Gasteiger partial charge in [-0.1, -0.05) is 18.6 Å². The standard InChI is InChI=1S/C24H39N5O2/c1-3-25-24(26-14-8-18-29-17-7-9-23(29)30)27-19-22(28-15-5-4-6-16-28)20-10-12-21(31-2)13-11-20/h10-13,22H,3-9,14-19H2,1-2H3,(H2,25,26,27). The quantitative estimate of drug-likeness (QED) is 0.340. The number of hydrogen-bond acceptors (Lipinski definition) is 4. The number of likely N-dealkylation sites (tertiary alicyclic amines) is 2. The van der Waals surface area contributed by atoms with Crippen molar-refractivity contribution in [3.8, 4) is 5.75 Å². The highest BCUT2D eigenvalue weighted by Crippen LogP contribution is 2.26. The highest BCUT2D eigenvalue weighted by atomic mass is 16.5. The molecule has 1 aromatic rings. The highest BCUT2D eigenvalue weighted by molar-refractivity contribution is 5.80. The molecule has 2 heterocycles. The third-order valence-corrected chi connectivity index (χ3v) is 6.17. The van der Waals surface area contributed by atoms with E-state index in [2.05, 4.69) is 34.6 Å². The average Bonchev–Trinajstić information content (AvgIpc) is 3.22. The van der Waals surface area contributed by atoms with Gasteiger partial charge in [-0.25, -0.2) is 0 Å². The molecule has 1 atom stereocenters. The molecular formula is C24H39N5O2. The maximum atomic E-state index is 11.8. The second-order valence-corrected chi connectivity index (χ2v) is 8.37. The van der Waals surface area contributed by atoms with Crippen molar-refractivity contribution in [2.75, 3.05) is 52.9 Å². The van der Waals surface area contributed by atoms with Crippen LogP contribution in [0.3, 0.4) is 0 Å². The fourth-order valence-corrected chi connectivity index (χ4v) is 4.42. The minimum atomic E-state index is 0.267. The third kappa shape index (κ3) is 7.13. The fourth-order valence-electron chi connectivity index (χ4n) is 4.42. The normalized spacial score (nSPS) is 18.8. The first-order valence-corrected chi connectivity index (χ1v) is 11.9. The molecule has 2 N–H and O–H groups in total. The van der Waals surface area contributed by atoms with Gasteiger partial charge in [-0.05, 0) is 63.4 Å². The average molecular weight is 430 g/mol. The van der Waals surface area contributed by atoms with Crippen molar-refractivity contribution in [2.45, 2.75) is 51.5 Å². The lowest BCUT2D eigenvalue weighted by atomic mass is 10.0. The maximum Gasteiger partial charge on any atom is 0.222 e. The lowest BCUT2D eigenvalue weighted by molar-refractivity contribution is -0.127. The van der Waals surface area contributed by atoms with Crippen LogP contribution in [0.15, 0.2) is 29.3 Å². The summed E-state index contributed by atoms with van der Waals surface area (Å²) >= 11 is 0. The Hall–Kier alpha value is -2.28. The Morgan fingerprint density at radius 1 is 1.10 bits per heavy atom. The smallest absolute Gasteiger partial charge is 0.222 e. The Morgan fingerprint density at radius 2 is 1.87 bits per heavy atom. The minimum Gasteiger partial charge on any atom is -0.497 e. The molecule has 2 aliphatic heterocycles. The molecule has 31 heavy (non-hydrogen) atoms. The van der Waals surface area contributed by atoms with E-state index in [0.717, 1.165) is 63.8 Å². The van der Waals surface area contributed by atoms with Crippen LogP contribution in [-0.2, 0) is 4.79 Å². The van der Waals surface area contributed by atoms with Crippen LogP contribution < -0.4 is 15.4 Å². The number of nitrogens with one attached hydrogen (secondary N) is 2. The number of aliphatic imine (C=N–C) groups is 1. The second-order valence-electron chi connectivity index (χ2n) is 8.37. The molecule has 0 radical (unpaired) electrons. The molecule has 7 nitrogen and oxygen atoms in total. The van der Waals surface area contributed by atoms with Crippen LogP contribution >= 0.6 is 0 Å². The molecule has 0 bridgehead atoms. The first kappa shape index (κ1) is 23.4. The number of hydrogen-bond donors (Lipinski definition) is 2. The second kappa shape index (κ2) is 12.5. The molecule has 2 aliphatic rings. The number of carbonyl (C=O) groups excluding carboxylic acids is 1. The molecule has 0 aromatic heterocycles. The summed E-state index contributed by atoms with van der Waals surface area (Å²) in [6, 6.07) is 8.68. The third-order valence-electron chi connectivity index (χ3n) is 6.17. The van der Waals surface area contributed by atoms with Crippen LogP contribution in [0.4, 0.5) is 0 Å². The van der Waals surface area contributed by atoms with Crippen LogP contribution in [0.25, 0.3) is 0 Å². The van der Waals surface area contributed by atoms with Gasteiger partial charge in [-0.15, -0.1) is 0 Å². The summed E-state index contributed by atoms with van der Waals surface area (Å²) in [5.74, 6) is 2.03. The van der Waals surface area contributed by atoms with Crippen molar-refractivity contribution in [3.05, 3.63) is 29.8 Å². The van der Waals surface area contributed by atoms with Gasteiger partial charge in [0.15, 0.2) is 5.96 Å². The SMILES string of the molecule is CCNC(=NCC(c1ccc(OC)cc1)N1CCCCC1)NCCCN1CCCC1=O. The Morgan fingerprint density at radius 3 is 2.52 bits per heavy atom. The molecule has 1 amide bonds. The molecule has 1 unspecified atom stereocenters. The largest absolute Gasteiger partial charge is 0.497 e. The van der Waals surface area contributed by atoms with Gasteiger partial charge in [0.25, 0.3) is 0 Å². The van der Waals surface area contributed by atoms with Crippen molar-refractivity contribution in [3.63, 3.8) is 0 Å². The number of rotatable bonds is 10. The van der Waals surface area contributed by atoms with Crippen LogP contribution in [0.5, 0.6) is 5.75 Å². The summed E-state index contributed by atoms with van der Waals surface area (Å²) in [4.78, 5) is 21.2. The first-order chi connectivity index (χ1) is 15.2. The van der Waals surface area contributed by atoms with Crippen molar-refractivity contribution < 1.29 is 9.53 Å². The molecule has 2 fully saturated rings. The van der Waals surface area contributed by atoms with Crippen molar-refractivity contribution in [2.24, 2.45) is 4.99 Å². The number of carbonyl (C=O) groups is 1. The van der Waals surface area contributed by atoms with Crippen LogP contribution in [0.2, 0.25) is 0 Å². The summed E-state index contributed by atoms with van der Waals surface area (Å²) in [6.07, 6.45) is 6.47. The van der Waals surface area contributed by atoms with Crippen molar-refractivity contribution >= 4 is 11.9 Å². The van der Waals surface area contributed by atoms with E-state index >= 15 is 0 Å². The Kier molecular flexibility index (Phi) is 9.46. The molecule has 0 spiro atoms. The van der Waals surface area contributed by atoms with E-state index in [0.29, 0.717) is 18.9 Å². The number of benzene rings is 1. The molecule has 0 saturated carbocycles. The van der Waals surface area contributed by atoms with Gasteiger partial charge in [0, 0.05) is 32.6 Å². The lowest BCUT2D eigenvalue weighted by Crippen LogP contribution is -2.40. The Balaban J connectivity index is 1.59.